The van der Waals surface area contributed by atoms with Gasteiger partial charge in [-0.25, -0.2) is 9.97 Å². The van der Waals surface area contributed by atoms with Crippen molar-refractivity contribution in [1.29, 1.82) is 0 Å². The molecule has 0 saturated heterocycles. The zero-order valence-electron chi connectivity index (χ0n) is 12.5. The van der Waals surface area contributed by atoms with E-state index < -0.39 is 0 Å². The summed E-state index contributed by atoms with van der Waals surface area (Å²) in [5.74, 6) is 1.10. The minimum Gasteiger partial charge on any atom is -0.338 e. The van der Waals surface area contributed by atoms with Crippen LogP contribution in [0.5, 0.6) is 0 Å². The van der Waals surface area contributed by atoms with E-state index >= 15 is 0 Å². The maximum absolute atomic E-state index is 4.46. The van der Waals surface area contributed by atoms with Crippen LogP contribution in [0, 0.1) is 0 Å². The second-order valence-corrected chi connectivity index (χ2v) is 5.30. The van der Waals surface area contributed by atoms with Crippen LogP contribution in [0.3, 0.4) is 0 Å². The van der Waals surface area contributed by atoms with Gasteiger partial charge in [0.15, 0.2) is 0 Å². The first-order valence-electron chi connectivity index (χ1n) is 7.37. The number of nitrogens with one attached hydrogen (secondary N) is 1. The van der Waals surface area contributed by atoms with Crippen LogP contribution < -0.4 is 5.32 Å². The van der Waals surface area contributed by atoms with Crippen molar-refractivity contribution in [2.45, 2.75) is 25.9 Å². The van der Waals surface area contributed by atoms with E-state index in [0.717, 1.165) is 30.9 Å². The molecule has 5 nitrogen and oxygen atoms in total. The highest BCUT2D eigenvalue weighted by atomic mass is 15.1. The molecule has 0 bridgehead atoms. The van der Waals surface area contributed by atoms with Crippen LogP contribution in [0.2, 0.25) is 0 Å². The average Bonchev–Trinajstić information content (AvgIpc) is 3.07. The summed E-state index contributed by atoms with van der Waals surface area (Å²) in [4.78, 5) is 8.89. The summed E-state index contributed by atoms with van der Waals surface area (Å²) in [7, 11) is 2.04. The molecule has 3 rings (SSSR count). The maximum atomic E-state index is 4.46. The first kappa shape index (κ1) is 13.8. The average molecular weight is 283 g/mol. The number of para-hydroxylation sites is 2. The summed E-state index contributed by atoms with van der Waals surface area (Å²) in [5.41, 5.74) is 2.23. The third kappa shape index (κ3) is 2.97. The van der Waals surface area contributed by atoms with E-state index in [9.17, 15) is 0 Å². The molecule has 0 amide bonds. The fourth-order valence-electron chi connectivity index (χ4n) is 2.70. The lowest BCUT2D eigenvalue weighted by molar-refractivity contribution is 0.449. The molecule has 0 fully saturated rings. The summed E-state index contributed by atoms with van der Waals surface area (Å²) in [6, 6.07) is 8.59. The van der Waals surface area contributed by atoms with Gasteiger partial charge in [0.05, 0.1) is 17.4 Å². The van der Waals surface area contributed by atoms with Gasteiger partial charge < -0.3 is 14.5 Å². The van der Waals surface area contributed by atoms with Crippen molar-refractivity contribution in [3.63, 3.8) is 0 Å². The number of imidazole rings is 2. The molecule has 2 heterocycles. The lowest BCUT2D eigenvalue weighted by Crippen LogP contribution is -2.35. The zero-order chi connectivity index (χ0) is 14.7. The van der Waals surface area contributed by atoms with Crippen molar-refractivity contribution in [1.82, 2.24) is 24.4 Å². The number of hydrogen-bond donors (Lipinski definition) is 1. The standard InChI is InChI=1S/C16H21N5/c1-3-17-13(10-16-18-8-9-20(16)2)11-21-12-19-14-6-4-5-7-15(14)21/h4-9,12-13,17H,3,10-11H2,1-2H3. The number of nitrogens with zero attached hydrogens (tertiary/aromatic N) is 4. The Labute approximate surface area is 124 Å². The van der Waals surface area contributed by atoms with Crippen LogP contribution in [0.1, 0.15) is 12.7 Å². The van der Waals surface area contributed by atoms with E-state index in [1.165, 1.54) is 5.52 Å². The molecule has 0 saturated carbocycles. The van der Waals surface area contributed by atoms with Gasteiger partial charge in [-0.15, -0.1) is 0 Å². The lowest BCUT2D eigenvalue weighted by Gasteiger charge is -2.18. The van der Waals surface area contributed by atoms with E-state index in [1.54, 1.807) is 0 Å². The molecule has 1 atom stereocenters. The zero-order valence-corrected chi connectivity index (χ0v) is 12.5. The van der Waals surface area contributed by atoms with Gasteiger partial charge in [-0.2, -0.15) is 0 Å². The molecule has 0 aliphatic rings. The van der Waals surface area contributed by atoms with Crippen LogP contribution in [-0.2, 0) is 20.0 Å². The smallest absolute Gasteiger partial charge is 0.109 e. The third-order valence-corrected chi connectivity index (χ3v) is 3.79. The normalized spacial score (nSPS) is 12.9. The largest absolute Gasteiger partial charge is 0.338 e. The van der Waals surface area contributed by atoms with Crippen molar-refractivity contribution in [2.24, 2.45) is 7.05 Å². The number of hydrogen-bond acceptors (Lipinski definition) is 3. The summed E-state index contributed by atoms with van der Waals surface area (Å²) in [6.07, 6.45) is 6.67. The number of rotatable bonds is 6. The second kappa shape index (κ2) is 6.10. The molecule has 1 unspecified atom stereocenters. The Morgan fingerprint density at radius 2 is 2.10 bits per heavy atom. The van der Waals surface area contributed by atoms with Gasteiger partial charge in [-0.3, -0.25) is 0 Å². The minimum absolute atomic E-state index is 0.341. The van der Waals surface area contributed by atoms with Crippen molar-refractivity contribution in [3.8, 4) is 0 Å². The molecule has 21 heavy (non-hydrogen) atoms. The monoisotopic (exact) mass is 283 g/mol. The first-order valence-corrected chi connectivity index (χ1v) is 7.37. The van der Waals surface area contributed by atoms with Crippen molar-refractivity contribution < 1.29 is 0 Å². The molecule has 0 radical (unpaired) electrons. The summed E-state index contributed by atoms with van der Waals surface area (Å²) in [5, 5.41) is 3.55. The molecule has 5 heteroatoms. The number of benzene rings is 1. The number of likely N-dealkylation sites (N-methyl/N-ethyl adjacent to an activating group) is 1. The highest BCUT2D eigenvalue weighted by Gasteiger charge is 2.13. The molecule has 2 aromatic heterocycles. The Balaban J connectivity index is 1.80. The quantitative estimate of drug-likeness (QED) is 0.752. The molecule has 0 spiro atoms. The molecule has 1 aromatic carbocycles. The molecule has 1 N–H and O–H groups in total. The summed E-state index contributed by atoms with van der Waals surface area (Å²) >= 11 is 0. The van der Waals surface area contributed by atoms with Gasteiger partial charge in [-0.1, -0.05) is 19.1 Å². The highest BCUT2D eigenvalue weighted by molar-refractivity contribution is 5.74. The maximum Gasteiger partial charge on any atom is 0.109 e. The Morgan fingerprint density at radius 1 is 1.24 bits per heavy atom. The summed E-state index contributed by atoms with van der Waals surface area (Å²) < 4.78 is 4.29. The van der Waals surface area contributed by atoms with Crippen LogP contribution in [-0.4, -0.2) is 31.7 Å². The van der Waals surface area contributed by atoms with E-state index in [4.69, 9.17) is 0 Å². The van der Waals surface area contributed by atoms with Crippen molar-refractivity contribution in [3.05, 3.63) is 48.8 Å². The Kier molecular flexibility index (Phi) is 4.01. The molecule has 3 aromatic rings. The number of aryl methyl sites for hydroxylation is 1. The minimum atomic E-state index is 0.341. The highest BCUT2D eigenvalue weighted by Crippen LogP contribution is 2.13. The van der Waals surface area contributed by atoms with Gasteiger partial charge in [0.2, 0.25) is 0 Å². The molecule has 110 valence electrons. The second-order valence-electron chi connectivity index (χ2n) is 5.30. The lowest BCUT2D eigenvalue weighted by atomic mass is 10.2. The topological polar surface area (TPSA) is 47.7 Å². The van der Waals surface area contributed by atoms with Gasteiger partial charge in [0.1, 0.15) is 5.82 Å². The molecular weight excluding hydrogens is 262 g/mol. The Morgan fingerprint density at radius 3 is 2.86 bits per heavy atom. The van der Waals surface area contributed by atoms with Crippen LogP contribution in [0.25, 0.3) is 11.0 Å². The number of aromatic nitrogens is 4. The molecule has 0 aliphatic carbocycles. The van der Waals surface area contributed by atoms with E-state index in [-0.39, 0.29) is 0 Å². The fraction of sp³-hybridized carbons (Fsp3) is 0.375. The van der Waals surface area contributed by atoms with E-state index in [0.29, 0.717) is 6.04 Å². The van der Waals surface area contributed by atoms with Crippen LogP contribution >= 0.6 is 0 Å². The Bertz CT molecular complexity index is 712. The third-order valence-electron chi connectivity index (χ3n) is 3.79. The van der Waals surface area contributed by atoms with Crippen molar-refractivity contribution in [2.75, 3.05) is 6.54 Å². The van der Waals surface area contributed by atoms with Gasteiger partial charge >= 0.3 is 0 Å². The molecular formula is C16H21N5. The summed E-state index contributed by atoms with van der Waals surface area (Å²) in [6.45, 7) is 3.97. The van der Waals surface area contributed by atoms with Crippen LogP contribution in [0.15, 0.2) is 43.0 Å². The predicted octanol–water partition coefficient (Wildman–Crippen LogP) is 1.99. The fourth-order valence-corrected chi connectivity index (χ4v) is 2.70. The number of fused-ring (bicyclic) bond motifs is 1. The van der Waals surface area contributed by atoms with Gasteiger partial charge in [0.25, 0.3) is 0 Å². The SMILES string of the molecule is CCNC(Cc1nccn1C)Cn1cnc2ccccc21. The van der Waals surface area contributed by atoms with Gasteiger partial charge in [0, 0.05) is 38.4 Å². The van der Waals surface area contributed by atoms with Crippen LogP contribution in [0.4, 0.5) is 0 Å². The molecule has 0 aliphatic heterocycles. The first-order chi connectivity index (χ1) is 10.3. The van der Waals surface area contributed by atoms with E-state index in [2.05, 4.69) is 43.5 Å². The van der Waals surface area contributed by atoms with Crippen molar-refractivity contribution >= 4 is 11.0 Å². The Hall–Kier alpha value is -2.14. The van der Waals surface area contributed by atoms with Gasteiger partial charge in [-0.05, 0) is 18.7 Å². The predicted molar refractivity (Wildman–Crippen MR) is 84.1 cm³/mol. The van der Waals surface area contributed by atoms with E-state index in [1.807, 2.05) is 37.9 Å².